The number of ether oxygens (including phenoxy) is 1. The largest absolute Gasteiger partial charge is 0.496 e. The van der Waals surface area contributed by atoms with E-state index in [4.69, 9.17) is 4.74 Å². The smallest absolute Gasteiger partial charge is 0.234 e. The Kier molecular flexibility index (Phi) is 6.53. The molecule has 0 heterocycles. The highest BCUT2D eigenvalue weighted by Gasteiger charge is 2.07. The van der Waals surface area contributed by atoms with Gasteiger partial charge in [-0.2, -0.15) is 0 Å². The Hall–Kier alpha value is -1.94. The van der Waals surface area contributed by atoms with Crippen LogP contribution in [0.3, 0.4) is 0 Å². The first-order valence-corrected chi connectivity index (χ1v) is 8.88. The minimum atomic E-state index is 0.0230. The first kappa shape index (κ1) is 17.4. The van der Waals surface area contributed by atoms with Crippen LogP contribution < -0.4 is 10.1 Å². The van der Waals surface area contributed by atoms with Crippen LogP contribution in [0, 0.1) is 6.92 Å². The molecule has 0 radical (unpaired) electrons. The van der Waals surface area contributed by atoms with Gasteiger partial charge in [-0.05, 0) is 37.1 Å². The van der Waals surface area contributed by atoms with Gasteiger partial charge in [-0.25, -0.2) is 0 Å². The molecule has 0 aromatic heterocycles. The van der Waals surface area contributed by atoms with Gasteiger partial charge in [-0.15, -0.1) is 11.8 Å². The average Bonchev–Trinajstić information content (AvgIpc) is 2.55. The molecule has 2 rings (SSSR count). The molecular weight excluding hydrogens is 306 g/mol. The molecule has 0 fully saturated rings. The second kappa shape index (κ2) is 8.63. The Balaban J connectivity index is 1.86. The fraction of sp³-hybridized carbons (Fsp3) is 0.316. The van der Waals surface area contributed by atoms with Crippen LogP contribution in [-0.4, -0.2) is 18.8 Å². The molecule has 1 N–H and O–H groups in total. The average molecular weight is 329 g/mol. The number of carbonyl (C=O) groups excluding carboxylic acids is 1. The summed E-state index contributed by atoms with van der Waals surface area (Å²) in [7, 11) is 1.67. The maximum Gasteiger partial charge on any atom is 0.234 e. The summed E-state index contributed by atoms with van der Waals surface area (Å²) in [4.78, 5) is 12.1. The predicted molar refractivity (Wildman–Crippen MR) is 98.3 cm³/mol. The molecule has 0 saturated heterocycles. The van der Waals surface area contributed by atoms with Crippen molar-refractivity contribution in [2.24, 2.45) is 0 Å². The summed E-state index contributed by atoms with van der Waals surface area (Å²) in [5.41, 5.74) is 4.41. The van der Waals surface area contributed by atoms with E-state index >= 15 is 0 Å². The lowest BCUT2D eigenvalue weighted by atomic mass is 10.1. The van der Waals surface area contributed by atoms with E-state index in [0.29, 0.717) is 5.75 Å². The van der Waals surface area contributed by atoms with Gasteiger partial charge in [-0.1, -0.05) is 36.8 Å². The van der Waals surface area contributed by atoms with E-state index in [-0.39, 0.29) is 5.91 Å². The first-order chi connectivity index (χ1) is 11.1. The van der Waals surface area contributed by atoms with E-state index in [9.17, 15) is 4.79 Å². The molecule has 0 aliphatic rings. The third kappa shape index (κ3) is 5.32. The van der Waals surface area contributed by atoms with E-state index in [0.717, 1.165) is 29.2 Å². The number of aryl methyl sites for hydroxylation is 2. The van der Waals surface area contributed by atoms with Gasteiger partial charge >= 0.3 is 0 Å². The summed E-state index contributed by atoms with van der Waals surface area (Å²) in [6.45, 7) is 4.16. The van der Waals surface area contributed by atoms with Crippen molar-refractivity contribution in [3.63, 3.8) is 0 Å². The van der Waals surface area contributed by atoms with Crippen LogP contribution in [0.1, 0.15) is 23.6 Å². The highest BCUT2D eigenvalue weighted by Crippen LogP contribution is 2.24. The van der Waals surface area contributed by atoms with Gasteiger partial charge in [-0.3, -0.25) is 4.79 Å². The fourth-order valence-corrected chi connectivity index (χ4v) is 3.15. The molecule has 0 aliphatic carbocycles. The third-order valence-corrected chi connectivity index (χ3v) is 4.53. The minimum absolute atomic E-state index is 0.0230. The SMILES string of the molecule is CCc1cccc(NC(=O)CSCc2cc(C)ccc2OC)c1. The number of hydrogen-bond acceptors (Lipinski definition) is 3. The maximum atomic E-state index is 12.1. The van der Waals surface area contributed by atoms with Crippen molar-refractivity contribution in [1.29, 1.82) is 0 Å². The Morgan fingerprint density at radius 1 is 1.22 bits per heavy atom. The Labute approximate surface area is 142 Å². The molecule has 3 nitrogen and oxygen atoms in total. The number of amides is 1. The summed E-state index contributed by atoms with van der Waals surface area (Å²) in [5.74, 6) is 2.08. The van der Waals surface area contributed by atoms with Crippen LogP contribution in [0.25, 0.3) is 0 Å². The van der Waals surface area contributed by atoms with Crippen LogP contribution in [0.5, 0.6) is 5.75 Å². The summed E-state index contributed by atoms with van der Waals surface area (Å²) in [6.07, 6.45) is 0.964. The summed E-state index contributed by atoms with van der Waals surface area (Å²) < 4.78 is 5.37. The van der Waals surface area contributed by atoms with Gasteiger partial charge < -0.3 is 10.1 Å². The molecule has 23 heavy (non-hydrogen) atoms. The second-order valence-corrected chi connectivity index (χ2v) is 6.40. The van der Waals surface area contributed by atoms with Crippen molar-refractivity contribution in [1.82, 2.24) is 0 Å². The lowest BCUT2D eigenvalue weighted by Crippen LogP contribution is -2.14. The molecule has 1 amide bonds. The molecule has 2 aromatic rings. The third-order valence-electron chi connectivity index (χ3n) is 3.55. The normalized spacial score (nSPS) is 10.4. The number of methoxy groups -OCH3 is 1. The number of hydrogen-bond donors (Lipinski definition) is 1. The number of thioether (sulfide) groups is 1. The van der Waals surface area contributed by atoms with Crippen LogP contribution in [0.15, 0.2) is 42.5 Å². The van der Waals surface area contributed by atoms with Gasteiger partial charge in [0.15, 0.2) is 0 Å². The Bertz CT molecular complexity index is 670. The molecule has 0 bridgehead atoms. The monoisotopic (exact) mass is 329 g/mol. The van der Waals surface area contributed by atoms with E-state index in [1.54, 1.807) is 18.9 Å². The maximum absolute atomic E-state index is 12.1. The van der Waals surface area contributed by atoms with Crippen LogP contribution in [0.2, 0.25) is 0 Å². The number of nitrogens with one attached hydrogen (secondary N) is 1. The molecule has 0 saturated carbocycles. The molecule has 0 spiro atoms. The van der Waals surface area contributed by atoms with E-state index in [1.165, 1.54) is 11.1 Å². The molecular formula is C19H23NO2S. The number of benzene rings is 2. The highest BCUT2D eigenvalue weighted by molar-refractivity contribution is 7.99. The Morgan fingerprint density at radius 3 is 2.78 bits per heavy atom. The van der Waals surface area contributed by atoms with Crippen molar-refractivity contribution in [2.45, 2.75) is 26.0 Å². The van der Waals surface area contributed by atoms with Crippen molar-refractivity contribution >= 4 is 23.4 Å². The molecule has 0 atom stereocenters. The summed E-state index contributed by atoms with van der Waals surface area (Å²) in [5, 5.41) is 2.95. The first-order valence-electron chi connectivity index (χ1n) is 7.72. The standard InChI is InChI=1S/C19H23NO2S/c1-4-15-6-5-7-17(11-15)20-19(21)13-23-12-16-10-14(2)8-9-18(16)22-3/h5-11H,4,12-13H2,1-3H3,(H,20,21). The molecule has 4 heteroatoms. The zero-order valence-corrected chi connectivity index (χ0v) is 14.7. The zero-order valence-electron chi connectivity index (χ0n) is 13.9. The van der Waals surface area contributed by atoms with E-state index in [2.05, 4.69) is 31.3 Å². The number of rotatable bonds is 7. The van der Waals surface area contributed by atoms with E-state index in [1.807, 2.05) is 30.3 Å². The van der Waals surface area contributed by atoms with Gasteiger partial charge in [0, 0.05) is 17.0 Å². The lowest BCUT2D eigenvalue weighted by Gasteiger charge is -2.10. The number of carbonyl (C=O) groups is 1. The quantitative estimate of drug-likeness (QED) is 0.816. The van der Waals surface area contributed by atoms with Gasteiger partial charge in [0.05, 0.1) is 12.9 Å². The van der Waals surface area contributed by atoms with Crippen molar-refractivity contribution in [3.05, 3.63) is 59.2 Å². The summed E-state index contributed by atoms with van der Waals surface area (Å²) >= 11 is 1.59. The topological polar surface area (TPSA) is 38.3 Å². The fourth-order valence-electron chi connectivity index (χ4n) is 2.34. The van der Waals surface area contributed by atoms with Gasteiger partial charge in [0.25, 0.3) is 0 Å². The van der Waals surface area contributed by atoms with Crippen molar-refractivity contribution < 1.29 is 9.53 Å². The molecule has 0 unspecified atom stereocenters. The second-order valence-electron chi connectivity index (χ2n) is 5.41. The molecule has 0 aliphatic heterocycles. The van der Waals surface area contributed by atoms with Crippen molar-refractivity contribution in [3.8, 4) is 5.75 Å². The summed E-state index contributed by atoms with van der Waals surface area (Å²) in [6, 6.07) is 14.1. The zero-order chi connectivity index (χ0) is 16.7. The van der Waals surface area contributed by atoms with Gasteiger partial charge in [0.1, 0.15) is 5.75 Å². The predicted octanol–water partition coefficient (Wildman–Crippen LogP) is 4.44. The molecule has 2 aromatic carbocycles. The van der Waals surface area contributed by atoms with E-state index < -0.39 is 0 Å². The number of anilines is 1. The highest BCUT2D eigenvalue weighted by atomic mass is 32.2. The van der Waals surface area contributed by atoms with Crippen molar-refractivity contribution in [2.75, 3.05) is 18.2 Å². The Morgan fingerprint density at radius 2 is 2.04 bits per heavy atom. The van der Waals surface area contributed by atoms with Crippen LogP contribution >= 0.6 is 11.8 Å². The van der Waals surface area contributed by atoms with Gasteiger partial charge in [0.2, 0.25) is 5.91 Å². The van der Waals surface area contributed by atoms with Crippen LogP contribution in [-0.2, 0) is 17.0 Å². The lowest BCUT2D eigenvalue weighted by molar-refractivity contribution is -0.113. The minimum Gasteiger partial charge on any atom is -0.496 e. The molecule has 122 valence electrons. The van der Waals surface area contributed by atoms with Crippen LogP contribution in [0.4, 0.5) is 5.69 Å².